The summed E-state index contributed by atoms with van der Waals surface area (Å²) in [7, 11) is 0. The molecule has 1 aromatic carbocycles. The Balaban J connectivity index is 2.15. The molecule has 1 saturated carbocycles. The lowest BCUT2D eigenvalue weighted by molar-refractivity contribution is 0.0870. The highest BCUT2D eigenvalue weighted by atomic mass is 79.9. The van der Waals surface area contributed by atoms with Crippen molar-refractivity contribution in [2.75, 3.05) is 5.33 Å². The molecule has 20 heavy (non-hydrogen) atoms. The summed E-state index contributed by atoms with van der Waals surface area (Å²) in [5.41, 5.74) is -0.156. The fourth-order valence-corrected chi connectivity index (χ4v) is 3.66. The van der Waals surface area contributed by atoms with Gasteiger partial charge in [-0.05, 0) is 59.7 Å². The number of halogens is 3. The summed E-state index contributed by atoms with van der Waals surface area (Å²) < 4.78 is 14.3. The van der Waals surface area contributed by atoms with Crippen molar-refractivity contribution in [3.63, 3.8) is 0 Å². The van der Waals surface area contributed by atoms with E-state index in [1.165, 1.54) is 6.07 Å². The lowest BCUT2D eigenvalue weighted by atomic mass is 9.78. The van der Waals surface area contributed by atoms with Crippen molar-refractivity contribution in [3.05, 3.63) is 34.1 Å². The molecule has 0 aliphatic heterocycles. The molecule has 1 amide bonds. The maximum atomic E-state index is 14.0. The lowest BCUT2D eigenvalue weighted by Crippen LogP contribution is -2.52. The van der Waals surface area contributed by atoms with E-state index in [1.807, 2.05) is 0 Å². The topological polar surface area (TPSA) is 29.1 Å². The average Bonchev–Trinajstić information content (AvgIpc) is 2.44. The molecule has 2 rings (SSSR count). The molecule has 1 aliphatic rings. The van der Waals surface area contributed by atoms with Gasteiger partial charge in [0.15, 0.2) is 0 Å². The second-order valence-corrected chi connectivity index (χ2v) is 7.07. The SMILES string of the molecule is CC1CCC(CBr)(NC(=O)c2cccc(Br)c2F)CC1. The Hall–Kier alpha value is -0.420. The van der Waals surface area contributed by atoms with Gasteiger partial charge in [0, 0.05) is 5.33 Å². The molecule has 0 spiro atoms. The zero-order chi connectivity index (χ0) is 14.8. The van der Waals surface area contributed by atoms with Crippen molar-refractivity contribution < 1.29 is 9.18 Å². The number of benzene rings is 1. The summed E-state index contributed by atoms with van der Waals surface area (Å²) in [4.78, 5) is 12.3. The second kappa shape index (κ2) is 6.56. The fraction of sp³-hybridized carbons (Fsp3) is 0.533. The third-order valence-corrected chi connectivity index (χ3v) is 5.75. The zero-order valence-corrected chi connectivity index (χ0v) is 14.6. The van der Waals surface area contributed by atoms with Crippen LogP contribution in [0.2, 0.25) is 0 Å². The second-order valence-electron chi connectivity index (χ2n) is 5.65. The van der Waals surface area contributed by atoms with Gasteiger partial charge in [0.1, 0.15) is 5.82 Å². The van der Waals surface area contributed by atoms with E-state index >= 15 is 0 Å². The predicted octanol–water partition coefficient (Wildman–Crippen LogP) is 4.66. The maximum Gasteiger partial charge on any atom is 0.254 e. The minimum atomic E-state index is -0.501. The Labute approximate surface area is 135 Å². The molecule has 0 aromatic heterocycles. The molecule has 0 bridgehead atoms. The Kier molecular flexibility index (Phi) is 5.24. The van der Waals surface area contributed by atoms with Gasteiger partial charge < -0.3 is 5.32 Å². The Bertz CT molecular complexity index is 499. The minimum absolute atomic E-state index is 0.0957. The summed E-state index contributed by atoms with van der Waals surface area (Å²) in [6.45, 7) is 2.23. The van der Waals surface area contributed by atoms with E-state index in [1.54, 1.807) is 12.1 Å². The van der Waals surface area contributed by atoms with Gasteiger partial charge in [0.05, 0.1) is 15.6 Å². The number of hydrogen-bond acceptors (Lipinski definition) is 1. The third-order valence-electron chi connectivity index (χ3n) is 4.06. The van der Waals surface area contributed by atoms with Crippen molar-refractivity contribution >= 4 is 37.8 Å². The molecule has 110 valence electrons. The molecule has 1 fully saturated rings. The number of amides is 1. The van der Waals surface area contributed by atoms with Crippen LogP contribution in [0.25, 0.3) is 0 Å². The molecule has 0 saturated heterocycles. The molecule has 0 unspecified atom stereocenters. The van der Waals surface area contributed by atoms with Crippen LogP contribution in [0.4, 0.5) is 4.39 Å². The van der Waals surface area contributed by atoms with Crippen LogP contribution in [-0.4, -0.2) is 16.8 Å². The maximum absolute atomic E-state index is 14.0. The van der Waals surface area contributed by atoms with Crippen LogP contribution in [0.5, 0.6) is 0 Å². The van der Waals surface area contributed by atoms with E-state index in [0.29, 0.717) is 15.7 Å². The largest absolute Gasteiger partial charge is 0.346 e. The van der Waals surface area contributed by atoms with Crippen molar-refractivity contribution in [2.45, 2.75) is 38.1 Å². The van der Waals surface area contributed by atoms with Crippen LogP contribution in [0.15, 0.2) is 22.7 Å². The van der Waals surface area contributed by atoms with Crippen molar-refractivity contribution in [1.82, 2.24) is 5.32 Å². The molecular weight excluding hydrogens is 389 g/mol. The zero-order valence-electron chi connectivity index (χ0n) is 11.4. The normalized spacial score (nSPS) is 26.3. The molecular formula is C15H18Br2FNO. The number of carbonyl (C=O) groups excluding carboxylic acids is 1. The van der Waals surface area contributed by atoms with Crippen LogP contribution in [-0.2, 0) is 0 Å². The molecule has 0 atom stereocenters. The number of rotatable bonds is 3. The van der Waals surface area contributed by atoms with Gasteiger partial charge in [-0.1, -0.05) is 28.9 Å². The van der Waals surface area contributed by atoms with E-state index in [4.69, 9.17) is 0 Å². The number of hydrogen-bond donors (Lipinski definition) is 1. The minimum Gasteiger partial charge on any atom is -0.346 e. The molecule has 5 heteroatoms. The van der Waals surface area contributed by atoms with E-state index in [-0.39, 0.29) is 17.0 Å². The molecule has 0 heterocycles. The van der Waals surface area contributed by atoms with Crippen LogP contribution in [0.1, 0.15) is 43.0 Å². The van der Waals surface area contributed by atoms with Crippen LogP contribution in [0, 0.1) is 11.7 Å². The fourth-order valence-electron chi connectivity index (χ4n) is 2.59. The first-order valence-corrected chi connectivity index (χ1v) is 8.71. The monoisotopic (exact) mass is 405 g/mol. The average molecular weight is 407 g/mol. The summed E-state index contributed by atoms with van der Waals surface area (Å²) in [5, 5.41) is 3.74. The quantitative estimate of drug-likeness (QED) is 0.726. The van der Waals surface area contributed by atoms with Gasteiger partial charge >= 0.3 is 0 Å². The highest BCUT2D eigenvalue weighted by Gasteiger charge is 2.35. The van der Waals surface area contributed by atoms with Crippen LogP contribution in [0.3, 0.4) is 0 Å². The van der Waals surface area contributed by atoms with Gasteiger partial charge in [0.25, 0.3) is 5.91 Å². The summed E-state index contributed by atoms with van der Waals surface area (Å²) >= 11 is 6.62. The van der Waals surface area contributed by atoms with E-state index in [2.05, 4.69) is 44.1 Å². The predicted molar refractivity (Wildman–Crippen MR) is 85.7 cm³/mol. The van der Waals surface area contributed by atoms with Gasteiger partial charge in [0.2, 0.25) is 0 Å². The molecule has 2 nitrogen and oxygen atoms in total. The lowest BCUT2D eigenvalue weighted by Gasteiger charge is -2.39. The Morgan fingerprint density at radius 3 is 2.70 bits per heavy atom. The molecule has 1 aliphatic carbocycles. The van der Waals surface area contributed by atoms with E-state index in [9.17, 15) is 9.18 Å². The number of alkyl halides is 1. The van der Waals surface area contributed by atoms with Crippen molar-refractivity contribution in [1.29, 1.82) is 0 Å². The molecule has 1 aromatic rings. The molecule has 0 radical (unpaired) electrons. The van der Waals surface area contributed by atoms with Crippen LogP contribution >= 0.6 is 31.9 Å². The van der Waals surface area contributed by atoms with E-state index < -0.39 is 5.82 Å². The summed E-state index contributed by atoms with van der Waals surface area (Å²) in [5.74, 6) is -0.140. The number of nitrogens with one attached hydrogen (secondary N) is 1. The Morgan fingerprint density at radius 2 is 2.10 bits per heavy atom. The summed E-state index contributed by atoms with van der Waals surface area (Å²) in [6, 6.07) is 4.78. The van der Waals surface area contributed by atoms with E-state index in [0.717, 1.165) is 25.7 Å². The van der Waals surface area contributed by atoms with Gasteiger partial charge in [-0.25, -0.2) is 4.39 Å². The third kappa shape index (κ3) is 3.42. The molecule has 1 N–H and O–H groups in total. The Morgan fingerprint density at radius 1 is 1.45 bits per heavy atom. The van der Waals surface area contributed by atoms with Gasteiger partial charge in [-0.2, -0.15) is 0 Å². The smallest absolute Gasteiger partial charge is 0.254 e. The first kappa shape index (κ1) is 16.0. The van der Waals surface area contributed by atoms with Gasteiger partial charge in [-0.15, -0.1) is 0 Å². The summed E-state index contributed by atoms with van der Waals surface area (Å²) in [6.07, 6.45) is 4.04. The highest BCUT2D eigenvalue weighted by Crippen LogP contribution is 2.33. The standard InChI is InChI=1S/C15H18Br2FNO/c1-10-5-7-15(9-16,8-6-10)19-14(20)11-3-2-4-12(17)13(11)18/h2-4,10H,5-9H2,1H3,(H,19,20). The first-order chi connectivity index (χ1) is 9.47. The highest BCUT2D eigenvalue weighted by molar-refractivity contribution is 9.10. The number of carbonyl (C=O) groups is 1. The van der Waals surface area contributed by atoms with Crippen molar-refractivity contribution in [2.24, 2.45) is 5.92 Å². The van der Waals surface area contributed by atoms with Crippen LogP contribution < -0.4 is 5.32 Å². The van der Waals surface area contributed by atoms with Crippen molar-refractivity contribution in [3.8, 4) is 0 Å². The van der Waals surface area contributed by atoms with Gasteiger partial charge in [-0.3, -0.25) is 4.79 Å². The first-order valence-electron chi connectivity index (χ1n) is 6.80.